The van der Waals surface area contributed by atoms with E-state index in [1.54, 1.807) is 19.4 Å². The maximum atomic E-state index is 12.6. The molecule has 2 aromatic rings. The first-order valence-corrected chi connectivity index (χ1v) is 10.6. The largest absolute Gasteiger partial charge is 0.369 e. The van der Waals surface area contributed by atoms with Gasteiger partial charge in [0, 0.05) is 44.8 Å². The van der Waals surface area contributed by atoms with Crippen molar-refractivity contribution in [2.75, 3.05) is 50.4 Å². The van der Waals surface area contributed by atoms with Crippen molar-refractivity contribution in [1.29, 1.82) is 0 Å². The Hall–Kier alpha value is -3.27. The SMILES string of the molecule is CCCNc1nc(NCCc2ccncc2)ncc1C(=O)NCCCNC(=O)CNC. The third-order valence-corrected chi connectivity index (χ3v) is 4.32. The number of nitrogens with zero attached hydrogens (tertiary/aromatic N) is 3. The number of carbonyl (C=O) groups excluding carboxylic acids is 2. The average molecular weight is 429 g/mol. The van der Waals surface area contributed by atoms with Gasteiger partial charge in [-0.3, -0.25) is 14.6 Å². The number of amides is 2. The van der Waals surface area contributed by atoms with Crippen molar-refractivity contribution in [3.05, 3.63) is 41.9 Å². The van der Waals surface area contributed by atoms with E-state index in [0.717, 1.165) is 12.8 Å². The minimum Gasteiger partial charge on any atom is -0.369 e. The second-order valence-corrected chi connectivity index (χ2v) is 6.90. The molecule has 0 aliphatic carbocycles. The fourth-order valence-electron chi connectivity index (χ4n) is 2.72. The quantitative estimate of drug-likeness (QED) is 0.279. The van der Waals surface area contributed by atoms with Crippen LogP contribution in [0.3, 0.4) is 0 Å². The molecule has 2 aromatic heterocycles. The van der Waals surface area contributed by atoms with Crippen molar-refractivity contribution in [1.82, 2.24) is 30.9 Å². The Morgan fingerprint density at radius 3 is 2.52 bits per heavy atom. The highest BCUT2D eigenvalue weighted by atomic mass is 16.2. The average Bonchev–Trinajstić information content (AvgIpc) is 2.78. The number of nitrogens with one attached hydrogen (secondary N) is 5. The van der Waals surface area contributed by atoms with Gasteiger partial charge in [-0.05, 0) is 44.0 Å². The van der Waals surface area contributed by atoms with Crippen molar-refractivity contribution in [2.24, 2.45) is 0 Å². The molecule has 0 radical (unpaired) electrons. The molecule has 5 N–H and O–H groups in total. The minimum absolute atomic E-state index is 0.0692. The molecule has 2 rings (SSSR count). The zero-order valence-corrected chi connectivity index (χ0v) is 18.2. The van der Waals surface area contributed by atoms with E-state index >= 15 is 0 Å². The molecule has 10 heteroatoms. The molecular formula is C21H32N8O2. The van der Waals surface area contributed by atoms with Gasteiger partial charge < -0.3 is 26.6 Å². The second kappa shape index (κ2) is 13.9. The lowest BCUT2D eigenvalue weighted by molar-refractivity contribution is -0.120. The van der Waals surface area contributed by atoms with Crippen LogP contribution in [0.25, 0.3) is 0 Å². The monoisotopic (exact) mass is 428 g/mol. The highest BCUT2D eigenvalue weighted by Gasteiger charge is 2.14. The first kappa shape index (κ1) is 24.0. The van der Waals surface area contributed by atoms with Gasteiger partial charge in [0.15, 0.2) is 0 Å². The van der Waals surface area contributed by atoms with Gasteiger partial charge in [-0.1, -0.05) is 6.92 Å². The number of hydrogen-bond donors (Lipinski definition) is 5. The normalized spacial score (nSPS) is 10.4. The van der Waals surface area contributed by atoms with Crippen LogP contribution in [0.1, 0.15) is 35.7 Å². The number of carbonyl (C=O) groups is 2. The van der Waals surface area contributed by atoms with Gasteiger partial charge in [0.2, 0.25) is 11.9 Å². The lowest BCUT2D eigenvalue weighted by Crippen LogP contribution is -2.34. The molecule has 0 atom stereocenters. The van der Waals surface area contributed by atoms with Crippen molar-refractivity contribution in [3.8, 4) is 0 Å². The van der Waals surface area contributed by atoms with E-state index in [1.807, 2.05) is 19.1 Å². The molecule has 168 valence electrons. The van der Waals surface area contributed by atoms with Gasteiger partial charge in [0.05, 0.1) is 6.54 Å². The molecular weight excluding hydrogens is 396 g/mol. The van der Waals surface area contributed by atoms with Crippen LogP contribution < -0.4 is 26.6 Å². The predicted molar refractivity (Wildman–Crippen MR) is 121 cm³/mol. The fourth-order valence-corrected chi connectivity index (χ4v) is 2.72. The molecule has 0 aliphatic heterocycles. The first-order chi connectivity index (χ1) is 15.1. The molecule has 31 heavy (non-hydrogen) atoms. The van der Waals surface area contributed by atoms with Crippen molar-refractivity contribution < 1.29 is 9.59 Å². The zero-order chi connectivity index (χ0) is 22.3. The molecule has 0 aromatic carbocycles. The summed E-state index contributed by atoms with van der Waals surface area (Å²) < 4.78 is 0. The number of hydrogen-bond acceptors (Lipinski definition) is 8. The van der Waals surface area contributed by atoms with Crippen LogP contribution in [0, 0.1) is 0 Å². The summed E-state index contributed by atoms with van der Waals surface area (Å²) in [5, 5.41) is 14.8. The summed E-state index contributed by atoms with van der Waals surface area (Å²) in [7, 11) is 1.72. The summed E-state index contributed by atoms with van der Waals surface area (Å²) >= 11 is 0. The molecule has 0 spiro atoms. The van der Waals surface area contributed by atoms with Gasteiger partial charge in [0.1, 0.15) is 11.4 Å². The van der Waals surface area contributed by atoms with Gasteiger partial charge in [-0.15, -0.1) is 0 Å². The number of anilines is 2. The van der Waals surface area contributed by atoms with Crippen LogP contribution in [0.5, 0.6) is 0 Å². The standard InChI is InChI=1S/C21H32N8O2/c1-3-8-25-19-17(20(31)26-10-4-9-24-18(30)15-22-2)14-28-21(29-19)27-13-7-16-5-11-23-12-6-16/h5-6,11-12,14,22H,3-4,7-10,13,15H2,1-2H3,(H,24,30)(H,26,31)(H2,25,27,28,29). The van der Waals surface area contributed by atoms with E-state index < -0.39 is 0 Å². The summed E-state index contributed by atoms with van der Waals surface area (Å²) in [5.41, 5.74) is 1.57. The molecule has 0 aliphatic rings. The van der Waals surface area contributed by atoms with Gasteiger partial charge in [-0.25, -0.2) is 4.98 Å². The molecule has 2 amide bonds. The highest BCUT2D eigenvalue weighted by molar-refractivity contribution is 5.98. The third kappa shape index (κ3) is 8.95. The Labute approximate surface area is 183 Å². The Bertz CT molecular complexity index is 816. The molecule has 0 fully saturated rings. The van der Waals surface area contributed by atoms with E-state index in [1.165, 1.54) is 11.8 Å². The van der Waals surface area contributed by atoms with Crippen LogP contribution in [-0.2, 0) is 11.2 Å². The first-order valence-electron chi connectivity index (χ1n) is 10.6. The topological polar surface area (TPSA) is 133 Å². The summed E-state index contributed by atoms with van der Waals surface area (Å²) in [6.07, 6.45) is 7.42. The lowest BCUT2D eigenvalue weighted by atomic mass is 10.2. The van der Waals surface area contributed by atoms with Crippen molar-refractivity contribution in [2.45, 2.75) is 26.2 Å². The van der Waals surface area contributed by atoms with Gasteiger partial charge in [0.25, 0.3) is 5.91 Å². The minimum atomic E-state index is -0.247. The van der Waals surface area contributed by atoms with E-state index in [9.17, 15) is 9.59 Å². The maximum Gasteiger partial charge on any atom is 0.256 e. The maximum absolute atomic E-state index is 12.6. The predicted octanol–water partition coefficient (Wildman–Crippen LogP) is 0.804. The van der Waals surface area contributed by atoms with Crippen LogP contribution in [0.4, 0.5) is 11.8 Å². The zero-order valence-electron chi connectivity index (χ0n) is 18.2. The molecule has 0 bridgehead atoms. The molecule has 0 unspecified atom stereocenters. The number of likely N-dealkylation sites (N-methyl/N-ethyl adjacent to an activating group) is 1. The van der Waals surface area contributed by atoms with E-state index in [4.69, 9.17) is 0 Å². The van der Waals surface area contributed by atoms with Crippen molar-refractivity contribution >= 4 is 23.6 Å². The summed E-state index contributed by atoms with van der Waals surface area (Å²) in [6.45, 7) is 4.63. The van der Waals surface area contributed by atoms with Gasteiger partial charge >= 0.3 is 0 Å². The van der Waals surface area contributed by atoms with E-state index in [2.05, 4.69) is 41.5 Å². The number of aromatic nitrogens is 3. The Morgan fingerprint density at radius 1 is 1.00 bits per heavy atom. The number of pyridine rings is 1. The molecule has 0 saturated heterocycles. The van der Waals surface area contributed by atoms with Crippen LogP contribution in [0.2, 0.25) is 0 Å². The Morgan fingerprint density at radius 2 is 1.77 bits per heavy atom. The van der Waals surface area contributed by atoms with E-state index in [0.29, 0.717) is 49.9 Å². The van der Waals surface area contributed by atoms with Gasteiger partial charge in [-0.2, -0.15) is 4.98 Å². The fraction of sp³-hybridized carbons (Fsp3) is 0.476. The summed E-state index contributed by atoms with van der Waals surface area (Å²) in [6, 6.07) is 3.94. The Kier molecular flexibility index (Phi) is 10.7. The second-order valence-electron chi connectivity index (χ2n) is 6.90. The van der Waals surface area contributed by atoms with Crippen LogP contribution >= 0.6 is 0 Å². The van der Waals surface area contributed by atoms with E-state index in [-0.39, 0.29) is 18.4 Å². The van der Waals surface area contributed by atoms with Crippen LogP contribution in [0.15, 0.2) is 30.7 Å². The summed E-state index contributed by atoms with van der Waals surface area (Å²) in [5.74, 6) is 0.656. The number of rotatable bonds is 14. The molecule has 10 nitrogen and oxygen atoms in total. The smallest absolute Gasteiger partial charge is 0.256 e. The lowest BCUT2D eigenvalue weighted by Gasteiger charge is -2.13. The molecule has 2 heterocycles. The molecule has 0 saturated carbocycles. The Balaban J connectivity index is 1.87. The highest BCUT2D eigenvalue weighted by Crippen LogP contribution is 2.14. The summed E-state index contributed by atoms with van der Waals surface area (Å²) in [4.78, 5) is 36.8. The van der Waals surface area contributed by atoms with Crippen LogP contribution in [-0.4, -0.2) is 66.5 Å². The van der Waals surface area contributed by atoms with Crippen molar-refractivity contribution in [3.63, 3.8) is 0 Å². The third-order valence-electron chi connectivity index (χ3n) is 4.32.